The fourth-order valence-electron chi connectivity index (χ4n) is 1.17. The summed E-state index contributed by atoms with van der Waals surface area (Å²) in [5, 5.41) is 0.661. The van der Waals surface area contributed by atoms with Gasteiger partial charge in [0.2, 0.25) is 0 Å². The summed E-state index contributed by atoms with van der Waals surface area (Å²) in [6.45, 7) is 0.278. The molecule has 0 bridgehead atoms. The topological polar surface area (TPSA) is 35.5 Å². The van der Waals surface area contributed by atoms with Crippen molar-refractivity contribution in [2.24, 2.45) is 0 Å². The zero-order valence-electron chi connectivity index (χ0n) is 6.70. The van der Waals surface area contributed by atoms with E-state index in [1.165, 1.54) is 0 Å². The number of carbonyl (C=O) groups is 1. The maximum Gasteiger partial charge on any atom is 0.509 e. The van der Waals surface area contributed by atoms with Crippen LogP contribution in [0.3, 0.4) is 0 Å². The molecule has 0 unspecified atom stereocenters. The molecule has 1 atom stereocenters. The summed E-state index contributed by atoms with van der Waals surface area (Å²) in [5.41, 5.74) is 0.898. The molecule has 4 heteroatoms. The number of rotatable bonds is 1. The van der Waals surface area contributed by atoms with Crippen LogP contribution in [-0.2, 0) is 9.47 Å². The highest BCUT2D eigenvalue weighted by molar-refractivity contribution is 6.30. The lowest BCUT2D eigenvalue weighted by Gasteiger charge is -2.05. The molecule has 68 valence electrons. The van der Waals surface area contributed by atoms with Gasteiger partial charge in [-0.25, -0.2) is 4.79 Å². The Morgan fingerprint density at radius 1 is 1.31 bits per heavy atom. The van der Waals surface area contributed by atoms with Crippen LogP contribution < -0.4 is 0 Å². The van der Waals surface area contributed by atoms with Crippen LogP contribution in [0.2, 0.25) is 5.02 Å². The van der Waals surface area contributed by atoms with Gasteiger partial charge in [-0.05, 0) is 17.7 Å². The highest BCUT2D eigenvalue weighted by Gasteiger charge is 2.26. The van der Waals surface area contributed by atoms with Crippen LogP contribution in [-0.4, -0.2) is 12.8 Å². The number of hydrogen-bond donors (Lipinski definition) is 0. The first kappa shape index (κ1) is 8.38. The summed E-state index contributed by atoms with van der Waals surface area (Å²) >= 11 is 5.71. The predicted octanol–water partition coefficient (Wildman–Crippen LogP) is 2.55. The molecule has 1 heterocycles. The van der Waals surface area contributed by atoms with E-state index in [1.807, 2.05) is 12.1 Å². The highest BCUT2D eigenvalue weighted by atomic mass is 35.5. The van der Waals surface area contributed by atoms with Crippen LogP contribution in [0.15, 0.2) is 24.3 Å². The second kappa shape index (κ2) is 3.26. The van der Waals surface area contributed by atoms with E-state index in [0.717, 1.165) is 5.56 Å². The molecule has 1 saturated heterocycles. The fraction of sp³-hybridized carbons (Fsp3) is 0.222. The number of hydrogen-bond acceptors (Lipinski definition) is 3. The number of ether oxygens (including phenoxy) is 2. The van der Waals surface area contributed by atoms with E-state index in [-0.39, 0.29) is 12.7 Å². The third kappa shape index (κ3) is 1.75. The monoisotopic (exact) mass is 198 g/mol. The van der Waals surface area contributed by atoms with Crippen molar-refractivity contribution in [3.05, 3.63) is 34.9 Å². The first-order valence-electron chi connectivity index (χ1n) is 3.84. The van der Waals surface area contributed by atoms with E-state index < -0.39 is 6.16 Å². The molecule has 0 saturated carbocycles. The summed E-state index contributed by atoms with van der Waals surface area (Å²) in [6.07, 6.45) is -0.898. The number of carbonyl (C=O) groups excluding carboxylic acids is 1. The van der Waals surface area contributed by atoms with Gasteiger partial charge in [0.05, 0.1) is 0 Å². The van der Waals surface area contributed by atoms with Gasteiger partial charge >= 0.3 is 6.16 Å². The van der Waals surface area contributed by atoms with Crippen LogP contribution >= 0.6 is 11.6 Å². The Morgan fingerprint density at radius 2 is 2.00 bits per heavy atom. The molecule has 0 amide bonds. The normalized spacial score (nSPS) is 21.0. The molecule has 1 fully saturated rings. The molecule has 0 radical (unpaired) electrons. The summed E-state index contributed by atoms with van der Waals surface area (Å²) in [5.74, 6) is 0. The minimum Gasteiger partial charge on any atom is -0.430 e. The lowest BCUT2D eigenvalue weighted by molar-refractivity contribution is 0.118. The maximum absolute atomic E-state index is 10.6. The van der Waals surface area contributed by atoms with Gasteiger partial charge in [-0.1, -0.05) is 23.7 Å². The van der Waals surface area contributed by atoms with E-state index in [1.54, 1.807) is 12.1 Å². The van der Waals surface area contributed by atoms with Gasteiger partial charge in [-0.3, -0.25) is 0 Å². The van der Waals surface area contributed by atoms with Gasteiger partial charge in [0.1, 0.15) is 6.61 Å². The summed E-state index contributed by atoms with van der Waals surface area (Å²) in [6, 6.07) is 7.13. The van der Waals surface area contributed by atoms with Crippen LogP contribution in [0, 0.1) is 0 Å². The zero-order valence-corrected chi connectivity index (χ0v) is 7.45. The van der Waals surface area contributed by atoms with Gasteiger partial charge in [0, 0.05) is 5.02 Å². The highest BCUT2D eigenvalue weighted by Crippen LogP contribution is 2.24. The first-order valence-corrected chi connectivity index (χ1v) is 4.22. The Morgan fingerprint density at radius 3 is 2.54 bits per heavy atom. The SMILES string of the molecule is O=C1OC[C@@H](c2ccc(Cl)cc2)O1. The first-order chi connectivity index (χ1) is 6.25. The standard InChI is InChI=1S/C9H7ClO3/c10-7-3-1-6(2-4-7)8-5-12-9(11)13-8/h1-4,8H,5H2/t8-/m0/s1. The van der Waals surface area contributed by atoms with E-state index in [4.69, 9.17) is 16.3 Å². The van der Waals surface area contributed by atoms with Crippen LogP contribution in [0.25, 0.3) is 0 Å². The smallest absolute Gasteiger partial charge is 0.430 e. The van der Waals surface area contributed by atoms with Crippen molar-refractivity contribution in [2.75, 3.05) is 6.61 Å². The van der Waals surface area contributed by atoms with Crippen molar-refractivity contribution in [3.8, 4) is 0 Å². The van der Waals surface area contributed by atoms with Crippen molar-refractivity contribution in [1.29, 1.82) is 0 Å². The summed E-state index contributed by atoms with van der Waals surface area (Å²) in [7, 11) is 0. The molecule has 1 aliphatic heterocycles. The van der Waals surface area contributed by atoms with Gasteiger partial charge in [-0.15, -0.1) is 0 Å². The molecular weight excluding hydrogens is 192 g/mol. The van der Waals surface area contributed by atoms with Crippen LogP contribution in [0.4, 0.5) is 4.79 Å². The van der Waals surface area contributed by atoms with Crippen molar-refractivity contribution in [2.45, 2.75) is 6.10 Å². The molecule has 1 aromatic rings. The minimum atomic E-state index is -0.611. The van der Waals surface area contributed by atoms with Crippen LogP contribution in [0.5, 0.6) is 0 Å². The second-order valence-corrected chi connectivity index (χ2v) is 3.16. The Balaban J connectivity index is 2.17. The molecular formula is C9H7ClO3. The van der Waals surface area contributed by atoms with E-state index in [0.29, 0.717) is 5.02 Å². The van der Waals surface area contributed by atoms with Crippen molar-refractivity contribution >= 4 is 17.8 Å². The average Bonchev–Trinajstić information content (AvgIpc) is 2.53. The third-order valence-electron chi connectivity index (χ3n) is 1.83. The van der Waals surface area contributed by atoms with Crippen molar-refractivity contribution in [1.82, 2.24) is 0 Å². The zero-order chi connectivity index (χ0) is 9.26. The number of halogens is 1. The van der Waals surface area contributed by atoms with E-state index in [2.05, 4.69) is 4.74 Å². The van der Waals surface area contributed by atoms with E-state index >= 15 is 0 Å². The Hall–Kier alpha value is -1.22. The molecule has 1 aliphatic rings. The lowest BCUT2D eigenvalue weighted by atomic mass is 10.1. The lowest BCUT2D eigenvalue weighted by Crippen LogP contribution is -1.99. The Kier molecular flexibility index (Phi) is 2.10. The molecule has 2 rings (SSSR count). The molecule has 0 spiro atoms. The molecule has 1 aromatic carbocycles. The molecule has 0 N–H and O–H groups in total. The van der Waals surface area contributed by atoms with Crippen molar-refractivity contribution < 1.29 is 14.3 Å². The molecule has 0 aliphatic carbocycles. The van der Waals surface area contributed by atoms with Gasteiger partial charge < -0.3 is 9.47 Å². The minimum absolute atomic E-state index is 0.278. The molecule has 0 aromatic heterocycles. The Labute approximate surface area is 80.2 Å². The maximum atomic E-state index is 10.6. The number of benzene rings is 1. The quantitative estimate of drug-likeness (QED) is 0.651. The number of cyclic esters (lactones) is 2. The van der Waals surface area contributed by atoms with Gasteiger partial charge in [0.15, 0.2) is 6.10 Å². The fourth-order valence-corrected chi connectivity index (χ4v) is 1.30. The molecule has 3 nitrogen and oxygen atoms in total. The van der Waals surface area contributed by atoms with Crippen molar-refractivity contribution in [3.63, 3.8) is 0 Å². The predicted molar refractivity (Wildman–Crippen MR) is 46.6 cm³/mol. The van der Waals surface area contributed by atoms with Gasteiger partial charge in [-0.2, -0.15) is 0 Å². The summed E-state index contributed by atoms with van der Waals surface area (Å²) in [4.78, 5) is 10.6. The van der Waals surface area contributed by atoms with Gasteiger partial charge in [0.25, 0.3) is 0 Å². The van der Waals surface area contributed by atoms with E-state index in [9.17, 15) is 4.79 Å². The average molecular weight is 199 g/mol. The largest absolute Gasteiger partial charge is 0.509 e. The molecule has 13 heavy (non-hydrogen) atoms. The summed E-state index contributed by atoms with van der Waals surface area (Å²) < 4.78 is 9.54. The third-order valence-corrected chi connectivity index (χ3v) is 2.08. The Bertz CT molecular complexity index is 320. The van der Waals surface area contributed by atoms with Crippen LogP contribution in [0.1, 0.15) is 11.7 Å². The second-order valence-electron chi connectivity index (χ2n) is 2.72.